The number of nitrogens with one attached hydrogen (secondary N) is 2. The monoisotopic (exact) mass is 356 g/mol. The topological polar surface area (TPSA) is 71.2 Å². The van der Waals surface area contributed by atoms with Gasteiger partial charge in [-0.3, -0.25) is 0 Å². The Labute approximate surface area is 146 Å². The minimum atomic E-state index is -3.59. The van der Waals surface area contributed by atoms with Gasteiger partial charge in [0.25, 0.3) is 0 Å². The Bertz CT molecular complexity index is 1040. The van der Waals surface area contributed by atoms with Crippen molar-refractivity contribution in [3.63, 3.8) is 0 Å². The molecule has 3 aromatic rings. The molecule has 0 fully saturated rings. The number of methoxy groups -OCH3 is 1. The Morgan fingerprint density at radius 2 is 1.80 bits per heavy atom. The van der Waals surface area contributed by atoms with Crippen molar-refractivity contribution in [2.75, 3.05) is 20.2 Å². The molecule has 1 aromatic heterocycles. The quantitative estimate of drug-likeness (QED) is 0.757. The average molecular weight is 356 g/mol. The molecule has 0 aliphatic carbocycles. The van der Waals surface area contributed by atoms with Crippen molar-refractivity contribution in [1.82, 2.24) is 10.3 Å². The zero-order valence-corrected chi connectivity index (χ0v) is 14.8. The van der Waals surface area contributed by atoms with Gasteiger partial charge >= 0.3 is 0 Å². The maximum atomic E-state index is 13.0. The molecule has 4 rings (SSSR count). The van der Waals surface area contributed by atoms with E-state index in [4.69, 9.17) is 4.74 Å². The van der Waals surface area contributed by atoms with Crippen molar-refractivity contribution in [2.24, 2.45) is 0 Å². The average Bonchev–Trinajstić information content (AvgIpc) is 2.81. The number of H-pyrrole nitrogens is 1. The van der Waals surface area contributed by atoms with Crippen LogP contribution in [0.4, 0.5) is 0 Å². The molecule has 0 spiro atoms. The summed E-state index contributed by atoms with van der Waals surface area (Å²) < 4.78 is 31.2. The number of aromatic nitrogens is 1. The van der Waals surface area contributed by atoms with Gasteiger partial charge in [0.2, 0.25) is 9.84 Å². The minimum Gasteiger partial charge on any atom is -0.497 e. The highest BCUT2D eigenvalue weighted by Crippen LogP contribution is 2.30. The molecule has 130 valence electrons. The van der Waals surface area contributed by atoms with E-state index in [0.717, 1.165) is 36.8 Å². The van der Waals surface area contributed by atoms with Crippen LogP contribution in [0.1, 0.15) is 11.3 Å². The highest BCUT2D eigenvalue weighted by Gasteiger charge is 2.21. The number of benzene rings is 2. The smallest absolute Gasteiger partial charge is 0.206 e. The lowest BCUT2D eigenvalue weighted by atomic mass is 10.1. The first-order valence-electron chi connectivity index (χ1n) is 8.33. The molecular weight excluding hydrogens is 336 g/mol. The van der Waals surface area contributed by atoms with E-state index in [9.17, 15) is 8.42 Å². The fourth-order valence-electron chi connectivity index (χ4n) is 3.40. The van der Waals surface area contributed by atoms with Crippen LogP contribution in [0.25, 0.3) is 10.9 Å². The zero-order chi connectivity index (χ0) is 17.4. The van der Waals surface area contributed by atoms with Crippen molar-refractivity contribution in [1.29, 1.82) is 0 Å². The van der Waals surface area contributed by atoms with Crippen LogP contribution in [-0.2, 0) is 22.7 Å². The normalized spacial score (nSPS) is 14.9. The van der Waals surface area contributed by atoms with Gasteiger partial charge in [-0.2, -0.15) is 0 Å². The molecule has 0 saturated heterocycles. The molecule has 0 saturated carbocycles. The third-order valence-corrected chi connectivity index (χ3v) is 6.48. The SMILES string of the molecule is COc1cccc(S(=O)(=O)c2ccc3[nH]c4c(c3c2)CCNCC4)c1. The predicted octanol–water partition coefficient (Wildman–Crippen LogP) is 2.70. The maximum absolute atomic E-state index is 13.0. The third-order valence-electron chi connectivity index (χ3n) is 4.73. The number of rotatable bonds is 3. The summed E-state index contributed by atoms with van der Waals surface area (Å²) in [6, 6.07) is 11.9. The molecule has 0 amide bonds. The van der Waals surface area contributed by atoms with Gasteiger partial charge < -0.3 is 15.0 Å². The van der Waals surface area contributed by atoms with E-state index >= 15 is 0 Å². The molecule has 25 heavy (non-hydrogen) atoms. The van der Waals surface area contributed by atoms with Crippen molar-refractivity contribution in [3.05, 3.63) is 53.7 Å². The van der Waals surface area contributed by atoms with E-state index in [-0.39, 0.29) is 4.90 Å². The number of fused-ring (bicyclic) bond motifs is 3. The predicted molar refractivity (Wildman–Crippen MR) is 97.0 cm³/mol. The van der Waals surface area contributed by atoms with Gasteiger partial charge in [0.15, 0.2) is 0 Å². The first kappa shape index (κ1) is 16.2. The molecule has 6 heteroatoms. The number of hydrogen-bond acceptors (Lipinski definition) is 4. The summed E-state index contributed by atoms with van der Waals surface area (Å²) >= 11 is 0. The molecule has 2 heterocycles. The summed E-state index contributed by atoms with van der Waals surface area (Å²) in [5.74, 6) is 0.531. The summed E-state index contributed by atoms with van der Waals surface area (Å²) in [5.41, 5.74) is 3.43. The summed E-state index contributed by atoms with van der Waals surface area (Å²) in [5, 5.41) is 4.38. The molecule has 1 aliphatic rings. The van der Waals surface area contributed by atoms with Crippen LogP contribution in [-0.4, -0.2) is 33.6 Å². The Morgan fingerprint density at radius 3 is 2.64 bits per heavy atom. The number of sulfone groups is 1. The molecule has 5 nitrogen and oxygen atoms in total. The fourth-order valence-corrected chi connectivity index (χ4v) is 4.73. The van der Waals surface area contributed by atoms with Crippen molar-refractivity contribution >= 4 is 20.7 Å². The zero-order valence-electron chi connectivity index (χ0n) is 14.0. The molecule has 1 aliphatic heterocycles. The van der Waals surface area contributed by atoms with E-state index in [1.165, 1.54) is 18.4 Å². The van der Waals surface area contributed by atoms with E-state index < -0.39 is 9.84 Å². The lowest BCUT2D eigenvalue weighted by Gasteiger charge is -2.07. The third kappa shape index (κ3) is 2.81. The molecule has 0 radical (unpaired) electrons. The van der Waals surface area contributed by atoms with Crippen LogP contribution >= 0.6 is 0 Å². The van der Waals surface area contributed by atoms with Crippen LogP contribution in [0.5, 0.6) is 5.75 Å². The highest BCUT2D eigenvalue weighted by atomic mass is 32.2. The molecule has 0 bridgehead atoms. The van der Waals surface area contributed by atoms with Crippen molar-refractivity contribution < 1.29 is 13.2 Å². The summed E-state index contributed by atoms with van der Waals surface area (Å²) in [7, 11) is -2.06. The van der Waals surface area contributed by atoms with E-state index in [1.807, 2.05) is 6.07 Å². The first-order chi connectivity index (χ1) is 12.1. The Hall–Kier alpha value is -2.31. The van der Waals surface area contributed by atoms with E-state index in [2.05, 4.69) is 10.3 Å². The molecule has 0 unspecified atom stereocenters. The first-order valence-corrected chi connectivity index (χ1v) is 9.81. The fraction of sp³-hybridized carbons (Fsp3) is 0.263. The second-order valence-corrected chi connectivity index (χ2v) is 8.17. The summed E-state index contributed by atoms with van der Waals surface area (Å²) in [6.07, 6.45) is 1.83. The maximum Gasteiger partial charge on any atom is 0.206 e. The van der Waals surface area contributed by atoms with Gasteiger partial charge in [-0.25, -0.2) is 8.42 Å². The van der Waals surface area contributed by atoms with Gasteiger partial charge in [0, 0.05) is 29.6 Å². The van der Waals surface area contributed by atoms with Gasteiger partial charge in [0.05, 0.1) is 16.9 Å². The van der Waals surface area contributed by atoms with Crippen LogP contribution in [0, 0.1) is 0 Å². The van der Waals surface area contributed by atoms with Gasteiger partial charge in [-0.15, -0.1) is 0 Å². The largest absolute Gasteiger partial charge is 0.497 e. The molecule has 0 atom stereocenters. The number of hydrogen-bond donors (Lipinski definition) is 2. The van der Waals surface area contributed by atoms with Gasteiger partial charge in [0.1, 0.15) is 5.75 Å². The summed E-state index contributed by atoms with van der Waals surface area (Å²) in [6.45, 7) is 1.85. The standard InChI is InChI=1S/C19H20N2O3S/c1-24-13-3-2-4-14(11-13)25(22,23)15-5-6-18-17(12-15)16-7-9-20-10-8-19(16)21-18/h2-6,11-12,20-21H,7-10H2,1H3. The minimum absolute atomic E-state index is 0.245. The molecular formula is C19H20N2O3S. The van der Waals surface area contributed by atoms with E-state index in [0.29, 0.717) is 10.6 Å². The highest BCUT2D eigenvalue weighted by molar-refractivity contribution is 7.91. The summed E-state index contributed by atoms with van der Waals surface area (Å²) in [4.78, 5) is 4.00. The number of aromatic amines is 1. The van der Waals surface area contributed by atoms with Crippen LogP contribution in [0.3, 0.4) is 0 Å². The lowest BCUT2D eigenvalue weighted by molar-refractivity contribution is 0.413. The van der Waals surface area contributed by atoms with Crippen LogP contribution < -0.4 is 10.1 Å². The molecule has 2 N–H and O–H groups in total. The van der Waals surface area contributed by atoms with Gasteiger partial charge in [-0.1, -0.05) is 6.07 Å². The number of ether oxygens (including phenoxy) is 1. The Balaban J connectivity index is 1.84. The Kier molecular flexibility index (Phi) is 4.01. The lowest BCUT2D eigenvalue weighted by Crippen LogP contribution is -2.16. The van der Waals surface area contributed by atoms with Crippen LogP contribution in [0.2, 0.25) is 0 Å². The van der Waals surface area contributed by atoms with E-state index in [1.54, 1.807) is 36.4 Å². The van der Waals surface area contributed by atoms with Gasteiger partial charge in [-0.05, 0) is 54.9 Å². The van der Waals surface area contributed by atoms with Crippen LogP contribution in [0.15, 0.2) is 52.3 Å². The second-order valence-electron chi connectivity index (χ2n) is 6.22. The van der Waals surface area contributed by atoms with Crippen molar-refractivity contribution in [3.8, 4) is 5.75 Å². The van der Waals surface area contributed by atoms with Crippen molar-refractivity contribution in [2.45, 2.75) is 22.6 Å². The second kappa shape index (κ2) is 6.20. The Morgan fingerprint density at radius 1 is 1.00 bits per heavy atom. The molecule has 2 aromatic carbocycles.